The van der Waals surface area contributed by atoms with Crippen LogP contribution in [0.15, 0.2) is 24.3 Å². The first-order chi connectivity index (χ1) is 9.15. The number of morpholine rings is 1. The Balaban J connectivity index is 1.82. The van der Waals surface area contributed by atoms with E-state index in [1.165, 1.54) is 6.07 Å². The van der Waals surface area contributed by atoms with Gasteiger partial charge in [0, 0.05) is 13.1 Å². The van der Waals surface area contributed by atoms with Gasteiger partial charge in [-0.2, -0.15) is 0 Å². The Bertz CT molecular complexity index is 442. The molecule has 0 aromatic heterocycles. The third kappa shape index (κ3) is 4.18. The van der Waals surface area contributed by atoms with Gasteiger partial charge in [0.1, 0.15) is 12.7 Å². The summed E-state index contributed by atoms with van der Waals surface area (Å²) in [5.74, 6) is -0.555. The molecule has 0 spiro atoms. The second kappa shape index (κ2) is 6.49. The van der Waals surface area contributed by atoms with Gasteiger partial charge in [0.2, 0.25) is 5.91 Å². The van der Waals surface area contributed by atoms with Crippen molar-refractivity contribution in [2.24, 2.45) is 5.73 Å². The standard InChI is InChI=1S/C13H17FN2O3/c14-11-3-1-2-4-12(11)19-9-10-7-16(5-6-18-10)8-13(15)17/h1-4,10H,5-9H2,(H2,15,17). The number of carbonyl (C=O) groups excluding carboxylic acids is 1. The SMILES string of the molecule is NC(=O)CN1CCOC(COc2ccccc2F)C1. The molecule has 0 aliphatic carbocycles. The zero-order valence-corrected chi connectivity index (χ0v) is 10.5. The smallest absolute Gasteiger partial charge is 0.231 e. The Kier molecular flexibility index (Phi) is 4.70. The van der Waals surface area contributed by atoms with Crippen molar-refractivity contribution >= 4 is 5.91 Å². The minimum absolute atomic E-state index is 0.187. The molecule has 0 saturated carbocycles. The third-order valence-corrected chi connectivity index (χ3v) is 2.86. The van der Waals surface area contributed by atoms with Crippen molar-refractivity contribution in [3.8, 4) is 5.75 Å². The largest absolute Gasteiger partial charge is 0.488 e. The molecule has 1 amide bonds. The lowest BCUT2D eigenvalue weighted by atomic mass is 10.2. The van der Waals surface area contributed by atoms with Gasteiger partial charge in [-0.25, -0.2) is 4.39 Å². The molecule has 1 atom stereocenters. The molecule has 0 bridgehead atoms. The van der Waals surface area contributed by atoms with Crippen LogP contribution in [-0.2, 0) is 9.53 Å². The Morgan fingerprint density at radius 3 is 3.05 bits per heavy atom. The fourth-order valence-electron chi connectivity index (χ4n) is 1.99. The number of halogens is 1. The van der Waals surface area contributed by atoms with Gasteiger partial charge in [0.15, 0.2) is 11.6 Å². The summed E-state index contributed by atoms with van der Waals surface area (Å²) in [6.07, 6.45) is -0.187. The van der Waals surface area contributed by atoms with Gasteiger partial charge in [-0.3, -0.25) is 9.69 Å². The molecular formula is C13H17FN2O3. The first-order valence-electron chi connectivity index (χ1n) is 6.15. The highest BCUT2D eigenvalue weighted by Crippen LogP contribution is 2.16. The lowest BCUT2D eigenvalue weighted by Gasteiger charge is -2.31. The molecular weight excluding hydrogens is 251 g/mol. The van der Waals surface area contributed by atoms with Crippen LogP contribution in [0.25, 0.3) is 0 Å². The van der Waals surface area contributed by atoms with Crippen LogP contribution >= 0.6 is 0 Å². The van der Waals surface area contributed by atoms with E-state index in [0.29, 0.717) is 19.7 Å². The molecule has 6 heteroatoms. The van der Waals surface area contributed by atoms with Crippen LogP contribution in [0.5, 0.6) is 5.75 Å². The maximum absolute atomic E-state index is 13.4. The van der Waals surface area contributed by atoms with Crippen molar-refractivity contribution in [2.45, 2.75) is 6.10 Å². The molecule has 1 fully saturated rings. The second-order valence-corrected chi connectivity index (χ2v) is 4.44. The lowest BCUT2D eigenvalue weighted by Crippen LogP contribution is -2.47. The number of nitrogens with zero attached hydrogens (tertiary/aromatic N) is 1. The number of para-hydroxylation sites is 1. The number of hydrogen-bond donors (Lipinski definition) is 1. The Morgan fingerprint density at radius 2 is 2.32 bits per heavy atom. The van der Waals surface area contributed by atoms with Crippen molar-refractivity contribution in [1.29, 1.82) is 0 Å². The quantitative estimate of drug-likeness (QED) is 0.839. The summed E-state index contributed by atoms with van der Waals surface area (Å²) in [6, 6.07) is 6.23. The number of amides is 1. The summed E-state index contributed by atoms with van der Waals surface area (Å²) < 4.78 is 24.3. The third-order valence-electron chi connectivity index (χ3n) is 2.86. The molecule has 1 aromatic carbocycles. The molecule has 1 unspecified atom stereocenters. The Labute approximate surface area is 111 Å². The first kappa shape index (κ1) is 13.8. The van der Waals surface area contributed by atoms with E-state index in [0.717, 1.165) is 0 Å². The highest BCUT2D eigenvalue weighted by molar-refractivity contribution is 5.75. The summed E-state index contributed by atoms with van der Waals surface area (Å²) in [6.45, 7) is 2.19. The highest BCUT2D eigenvalue weighted by Gasteiger charge is 2.22. The van der Waals surface area contributed by atoms with Crippen molar-refractivity contribution < 1.29 is 18.7 Å². The molecule has 2 N–H and O–H groups in total. The maximum atomic E-state index is 13.4. The average Bonchev–Trinajstić information content (AvgIpc) is 2.37. The van der Waals surface area contributed by atoms with Crippen LogP contribution in [0.2, 0.25) is 0 Å². The van der Waals surface area contributed by atoms with Gasteiger partial charge >= 0.3 is 0 Å². The van der Waals surface area contributed by atoms with Crippen LogP contribution in [-0.4, -0.2) is 49.8 Å². The maximum Gasteiger partial charge on any atom is 0.231 e. The summed E-state index contributed by atoms with van der Waals surface area (Å²) >= 11 is 0. The van der Waals surface area contributed by atoms with Crippen LogP contribution < -0.4 is 10.5 Å². The van der Waals surface area contributed by atoms with Gasteiger partial charge in [-0.15, -0.1) is 0 Å². The Morgan fingerprint density at radius 1 is 1.53 bits per heavy atom. The second-order valence-electron chi connectivity index (χ2n) is 4.44. The molecule has 1 heterocycles. The Hall–Kier alpha value is -1.66. The number of benzene rings is 1. The number of carbonyl (C=O) groups is 1. The molecule has 0 radical (unpaired) electrons. The summed E-state index contributed by atoms with van der Waals surface area (Å²) in [4.78, 5) is 12.8. The highest BCUT2D eigenvalue weighted by atomic mass is 19.1. The predicted molar refractivity (Wildman–Crippen MR) is 67.3 cm³/mol. The molecule has 104 valence electrons. The molecule has 1 saturated heterocycles. The van der Waals surface area contributed by atoms with Crippen molar-refractivity contribution in [2.75, 3.05) is 32.8 Å². The van der Waals surface area contributed by atoms with Gasteiger partial charge in [-0.05, 0) is 12.1 Å². The summed E-state index contributed by atoms with van der Waals surface area (Å²) in [5.41, 5.74) is 5.15. The van der Waals surface area contributed by atoms with Crippen LogP contribution in [0.4, 0.5) is 4.39 Å². The number of rotatable bonds is 5. The average molecular weight is 268 g/mol. The van der Waals surface area contributed by atoms with E-state index in [1.54, 1.807) is 18.2 Å². The zero-order valence-electron chi connectivity index (χ0n) is 10.5. The fourth-order valence-corrected chi connectivity index (χ4v) is 1.99. The van der Waals surface area contributed by atoms with E-state index in [2.05, 4.69) is 0 Å². The van der Waals surface area contributed by atoms with E-state index >= 15 is 0 Å². The van der Waals surface area contributed by atoms with Gasteiger partial charge in [-0.1, -0.05) is 12.1 Å². The van der Waals surface area contributed by atoms with Crippen LogP contribution in [0, 0.1) is 5.82 Å². The minimum Gasteiger partial charge on any atom is -0.488 e. The van der Waals surface area contributed by atoms with E-state index in [9.17, 15) is 9.18 Å². The number of hydrogen-bond acceptors (Lipinski definition) is 4. The number of primary amides is 1. The molecule has 5 nitrogen and oxygen atoms in total. The van der Waals surface area contributed by atoms with Gasteiger partial charge in [0.05, 0.1) is 13.2 Å². The van der Waals surface area contributed by atoms with E-state index in [1.807, 2.05) is 4.90 Å². The van der Waals surface area contributed by atoms with Crippen molar-refractivity contribution in [3.05, 3.63) is 30.1 Å². The normalized spacial score (nSPS) is 20.2. The predicted octanol–water partition coefficient (Wildman–Crippen LogP) is 0.391. The van der Waals surface area contributed by atoms with E-state index in [-0.39, 0.29) is 30.9 Å². The molecule has 1 aromatic rings. The first-order valence-corrected chi connectivity index (χ1v) is 6.15. The fraction of sp³-hybridized carbons (Fsp3) is 0.462. The minimum atomic E-state index is -0.396. The monoisotopic (exact) mass is 268 g/mol. The molecule has 19 heavy (non-hydrogen) atoms. The van der Waals surface area contributed by atoms with Gasteiger partial charge in [0.25, 0.3) is 0 Å². The van der Waals surface area contributed by atoms with Gasteiger partial charge < -0.3 is 15.2 Å². The summed E-state index contributed by atoms with van der Waals surface area (Å²) in [7, 11) is 0. The van der Waals surface area contributed by atoms with Crippen molar-refractivity contribution in [1.82, 2.24) is 4.90 Å². The topological polar surface area (TPSA) is 64.8 Å². The lowest BCUT2D eigenvalue weighted by molar-refractivity contribution is -0.121. The molecule has 1 aliphatic rings. The number of ether oxygens (including phenoxy) is 2. The zero-order chi connectivity index (χ0) is 13.7. The molecule has 2 rings (SSSR count). The van der Waals surface area contributed by atoms with E-state index in [4.69, 9.17) is 15.2 Å². The number of nitrogens with two attached hydrogens (primary N) is 1. The van der Waals surface area contributed by atoms with Crippen LogP contribution in [0.1, 0.15) is 0 Å². The van der Waals surface area contributed by atoms with E-state index < -0.39 is 5.82 Å². The molecule has 1 aliphatic heterocycles. The summed E-state index contributed by atoms with van der Waals surface area (Å²) in [5, 5.41) is 0. The van der Waals surface area contributed by atoms with Crippen LogP contribution in [0.3, 0.4) is 0 Å². The van der Waals surface area contributed by atoms with Crippen molar-refractivity contribution in [3.63, 3.8) is 0 Å².